The van der Waals surface area contributed by atoms with Gasteiger partial charge in [-0.05, 0) is 82.0 Å². The lowest BCUT2D eigenvalue weighted by Crippen LogP contribution is -2.55. The van der Waals surface area contributed by atoms with Crippen LogP contribution in [0.2, 0.25) is 5.15 Å². The van der Waals surface area contributed by atoms with E-state index in [1.165, 1.54) is 23.6 Å². The van der Waals surface area contributed by atoms with E-state index in [9.17, 15) is 31.5 Å². The number of aryl methyl sites for hydroxylation is 2. The number of hydrogen-bond donors (Lipinski definition) is 1. The molecule has 8 nitrogen and oxygen atoms in total. The van der Waals surface area contributed by atoms with E-state index in [0.29, 0.717) is 18.3 Å². The van der Waals surface area contributed by atoms with Crippen molar-refractivity contribution in [1.29, 1.82) is 0 Å². The van der Waals surface area contributed by atoms with E-state index >= 15 is 0 Å². The molecule has 6 atom stereocenters. The summed E-state index contributed by atoms with van der Waals surface area (Å²) in [5.74, 6) is 2.02. The lowest BCUT2D eigenvalue weighted by Gasteiger charge is -2.46. The summed E-state index contributed by atoms with van der Waals surface area (Å²) < 4.78 is 85.9. The van der Waals surface area contributed by atoms with Crippen LogP contribution < -0.4 is 14.3 Å². The van der Waals surface area contributed by atoms with Gasteiger partial charge < -0.3 is 19.5 Å². The molecule has 308 valence electrons. The van der Waals surface area contributed by atoms with E-state index in [-0.39, 0.29) is 35.3 Å². The van der Waals surface area contributed by atoms with E-state index in [0.717, 1.165) is 93.7 Å². The number of rotatable bonds is 6. The second-order valence-electron chi connectivity index (χ2n) is 15.1. The van der Waals surface area contributed by atoms with Gasteiger partial charge in [-0.25, -0.2) is 9.97 Å². The van der Waals surface area contributed by atoms with Gasteiger partial charge in [-0.2, -0.15) is 31.4 Å². The molecule has 4 aromatic rings. The predicted octanol–water partition coefficient (Wildman–Crippen LogP) is 11.1. The molecule has 0 spiro atoms. The Bertz CT molecular complexity index is 1820. The van der Waals surface area contributed by atoms with Gasteiger partial charge in [0.2, 0.25) is 5.88 Å². The Kier molecular flexibility index (Phi) is 13.9. The molecule has 2 aromatic heterocycles. The number of benzene rings is 2. The molecule has 0 radical (unpaired) electrons. The fourth-order valence-corrected chi connectivity index (χ4v) is 7.92. The highest BCUT2D eigenvalue weighted by Gasteiger charge is 2.42. The molecule has 0 saturated carbocycles. The Hall–Kier alpha value is -4.11. The molecule has 1 N–H and O–H groups in total. The van der Waals surface area contributed by atoms with Crippen molar-refractivity contribution in [2.75, 3.05) is 0 Å². The summed E-state index contributed by atoms with van der Waals surface area (Å²) >= 11 is 5.28. The largest absolute Gasteiger partial charge is 0.490 e. The quantitative estimate of drug-likeness (QED) is 0.152. The van der Waals surface area contributed by atoms with E-state index in [1.807, 2.05) is 48.4 Å². The average molecular weight is 821 g/mol. The van der Waals surface area contributed by atoms with Crippen molar-refractivity contribution in [3.8, 4) is 17.4 Å². The second-order valence-corrected chi connectivity index (χ2v) is 15.5. The maximum atomic E-state index is 12.7. The number of aromatic nitrogens is 2. The van der Waals surface area contributed by atoms with Crippen LogP contribution in [0.25, 0.3) is 0 Å². The zero-order chi connectivity index (χ0) is 40.7. The molecule has 4 aliphatic rings. The molecule has 2 unspecified atom stereocenters. The van der Waals surface area contributed by atoms with Crippen molar-refractivity contribution in [3.63, 3.8) is 0 Å². The number of piperidine rings is 4. The van der Waals surface area contributed by atoms with Crippen molar-refractivity contribution in [2.24, 2.45) is 0 Å². The topological polar surface area (TPSA) is 80.2 Å². The minimum Gasteiger partial charge on any atom is -0.490 e. The summed E-state index contributed by atoms with van der Waals surface area (Å²) in [6, 6.07) is 21.5. The first-order valence-corrected chi connectivity index (χ1v) is 19.6. The number of fused-ring (bicyclic) bond motifs is 4. The van der Waals surface area contributed by atoms with Crippen molar-refractivity contribution in [1.82, 2.24) is 20.1 Å². The van der Waals surface area contributed by atoms with Gasteiger partial charge in [-0.15, -0.1) is 5.06 Å². The third kappa shape index (κ3) is 12.0. The van der Waals surface area contributed by atoms with Crippen LogP contribution in [0.5, 0.6) is 17.4 Å². The zero-order valence-electron chi connectivity index (χ0n) is 31.7. The van der Waals surface area contributed by atoms with Crippen LogP contribution in [-0.2, 0) is 12.4 Å². The van der Waals surface area contributed by atoms with Crippen LogP contribution in [0.4, 0.5) is 26.3 Å². The fourth-order valence-electron chi connectivity index (χ4n) is 7.81. The number of halogens is 7. The summed E-state index contributed by atoms with van der Waals surface area (Å²) in [5, 5.41) is 13.5. The molecule has 4 fully saturated rings. The van der Waals surface area contributed by atoms with Gasteiger partial charge in [0, 0.05) is 68.3 Å². The Morgan fingerprint density at radius 3 is 1.42 bits per heavy atom. The zero-order valence-corrected chi connectivity index (χ0v) is 32.5. The highest BCUT2D eigenvalue weighted by atomic mass is 35.5. The van der Waals surface area contributed by atoms with Crippen molar-refractivity contribution >= 4 is 11.6 Å². The molecule has 8 rings (SSSR count). The Morgan fingerprint density at radius 1 is 0.596 bits per heavy atom. The van der Waals surface area contributed by atoms with Gasteiger partial charge in [0.15, 0.2) is 0 Å². The monoisotopic (exact) mass is 820 g/mol. The summed E-state index contributed by atoms with van der Waals surface area (Å²) in [4.78, 5) is 13.0. The van der Waals surface area contributed by atoms with Gasteiger partial charge >= 0.3 is 12.4 Å². The van der Waals surface area contributed by atoms with Crippen LogP contribution in [0.15, 0.2) is 85.2 Å². The first-order chi connectivity index (χ1) is 27.1. The third-order valence-electron chi connectivity index (χ3n) is 10.7. The van der Waals surface area contributed by atoms with Gasteiger partial charge in [0.25, 0.3) is 0 Å². The Balaban J connectivity index is 0.000000161. The SMILES string of the molecule is Cc1ccc(OC2C[C@H]3CCC[C@@H](C2)N3O)cc1.Cc1ccc(OC2C[C@H]3CCC[C@@H](C2)N3Oc2ccc(C(F)(F)F)cn2)cc1.FC(F)(F)c1ccc(Cl)nc1. The number of pyridine rings is 2. The maximum absolute atomic E-state index is 12.7. The smallest absolute Gasteiger partial charge is 0.417 e. The van der Waals surface area contributed by atoms with Crippen LogP contribution in [-0.4, -0.2) is 61.7 Å². The second kappa shape index (κ2) is 18.6. The van der Waals surface area contributed by atoms with E-state index in [2.05, 4.69) is 29.0 Å². The highest BCUT2D eigenvalue weighted by molar-refractivity contribution is 6.29. The minimum absolute atomic E-state index is 0.0537. The Morgan fingerprint density at radius 2 is 1.02 bits per heavy atom. The molecule has 15 heteroatoms. The van der Waals surface area contributed by atoms with Gasteiger partial charge in [0.1, 0.15) is 28.9 Å². The molecule has 0 aliphatic carbocycles. The van der Waals surface area contributed by atoms with Crippen molar-refractivity contribution in [2.45, 2.75) is 127 Å². The minimum atomic E-state index is -4.40. The lowest BCUT2D eigenvalue weighted by molar-refractivity contribution is -0.207. The van der Waals surface area contributed by atoms with Gasteiger partial charge in [-0.3, -0.25) is 0 Å². The number of hydrogen-bond acceptors (Lipinski definition) is 8. The van der Waals surface area contributed by atoms with Gasteiger partial charge in [-0.1, -0.05) is 59.8 Å². The average Bonchev–Trinajstić information content (AvgIpc) is 3.14. The molecular formula is C42H47ClF6N4O4. The summed E-state index contributed by atoms with van der Waals surface area (Å²) in [7, 11) is 0. The lowest BCUT2D eigenvalue weighted by atomic mass is 9.84. The molecule has 4 saturated heterocycles. The van der Waals surface area contributed by atoms with E-state index in [4.69, 9.17) is 25.9 Å². The molecule has 4 aliphatic heterocycles. The maximum Gasteiger partial charge on any atom is 0.417 e. The molecule has 57 heavy (non-hydrogen) atoms. The van der Waals surface area contributed by atoms with Crippen LogP contribution in [0.1, 0.15) is 86.5 Å². The van der Waals surface area contributed by atoms with E-state index in [1.54, 1.807) is 5.06 Å². The molecule has 4 bridgehead atoms. The van der Waals surface area contributed by atoms with Crippen LogP contribution in [0.3, 0.4) is 0 Å². The third-order valence-corrected chi connectivity index (χ3v) is 10.9. The van der Waals surface area contributed by atoms with Crippen molar-refractivity contribution in [3.05, 3.63) is 113 Å². The predicted molar refractivity (Wildman–Crippen MR) is 202 cm³/mol. The van der Waals surface area contributed by atoms with E-state index < -0.39 is 23.5 Å². The standard InChI is InChI=1S/C21H23F3N2O2.C15H21NO2.C6H3ClF3N/c1-14-5-8-18(9-6-14)27-19-11-16-3-2-4-17(12-19)26(16)28-20-10-7-15(13-25-20)21(22,23)24;1-11-5-7-14(8-6-11)18-15-9-12-3-2-4-13(10-15)16(12)17;7-5-2-1-4(3-11-5)6(8,9)10/h5-10,13,16-17,19H,2-4,11-12H2,1H3;5-8,12-13,15,17H,2-4,9-10H2,1H3;1-3H/t16-,17+,19?;12-,13+,15?;. The van der Waals surface area contributed by atoms with Crippen molar-refractivity contribution < 1.29 is 45.9 Å². The fraction of sp³-hybridized carbons (Fsp3) is 0.476. The number of ether oxygens (including phenoxy) is 2. The molecule has 6 heterocycles. The first-order valence-electron chi connectivity index (χ1n) is 19.2. The first kappa shape index (κ1) is 42.5. The highest BCUT2D eigenvalue weighted by Crippen LogP contribution is 2.38. The summed E-state index contributed by atoms with van der Waals surface area (Å²) in [6.45, 7) is 4.12. The molecule has 2 aromatic carbocycles. The normalized spacial score (nSPS) is 24.9. The molecule has 0 amide bonds. The number of alkyl halides is 6. The number of hydroxylamine groups is 4. The molecular weight excluding hydrogens is 774 g/mol. The van der Waals surface area contributed by atoms with Crippen LogP contribution >= 0.6 is 11.6 Å². The summed E-state index contributed by atoms with van der Waals surface area (Å²) in [5.41, 5.74) is 0.882. The van der Waals surface area contributed by atoms with Crippen LogP contribution in [0, 0.1) is 13.8 Å². The Labute approximate surface area is 333 Å². The summed E-state index contributed by atoms with van der Waals surface area (Å²) in [6.07, 6.45) is 3.20. The van der Waals surface area contributed by atoms with Gasteiger partial charge in [0.05, 0.1) is 11.1 Å². The number of nitrogens with zero attached hydrogens (tertiary/aromatic N) is 4.